The first-order valence-electron chi connectivity index (χ1n) is 10.4. The first kappa shape index (κ1) is 19.6. The Morgan fingerprint density at radius 2 is 1.90 bits per heavy atom. The van der Waals surface area contributed by atoms with Crippen molar-refractivity contribution in [3.8, 4) is 5.75 Å². The third-order valence-electron chi connectivity index (χ3n) is 6.32. The van der Waals surface area contributed by atoms with E-state index in [1.165, 1.54) is 0 Å². The highest BCUT2D eigenvalue weighted by Crippen LogP contribution is 2.43. The number of hydrogen-bond acceptors (Lipinski definition) is 4. The van der Waals surface area contributed by atoms with E-state index in [4.69, 9.17) is 9.47 Å². The zero-order chi connectivity index (χ0) is 21.5. The van der Waals surface area contributed by atoms with Gasteiger partial charge in [0.2, 0.25) is 11.8 Å². The monoisotopic (exact) mass is 419 g/mol. The predicted octanol–water partition coefficient (Wildman–Crippen LogP) is 2.51. The molecule has 7 heteroatoms. The molecule has 1 N–H and O–H groups in total. The third kappa shape index (κ3) is 3.16. The molecule has 1 saturated heterocycles. The number of hydrogen-bond donors (Lipinski definition) is 1. The second-order valence-electron chi connectivity index (χ2n) is 8.02. The number of nitrogens with one attached hydrogen (secondary N) is 1. The Hall–Kier alpha value is -3.32. The van der Waals surface area contributed by atoms with Gasteiger partial charge in [0.05, 0.1) is 26.3 Å². The molecule has 2 aliphatic rings. The first-order chi connectivity index (χ1) is 15.1. The number of carbonyl (C=O) groups excluding carboxylic acids is 2. The van der Waals surface area contributed by atoms with Crippen molar-refractivity contribution in [1.29, 1.82) is 0 Å². The number of H-pyrrole nitrogens is 1. The SMILES string of the molecule is COCCN1CC(=O)N2C(Cc3c([nH]c4ccc(OC)cc34)[C@H]2c2ccccc2)C1=O. The molecule has 0 spiro atoms. The lowest BCUT2D eigenvalue weighted by atomic mass is 9.86. The zero-order valence-electron chi connectivity index (χ0n) is 17.6. The molecule has 2 atom stereocenters. The molecule has 2 aromatic carbocycles. The van der Waals surface area contributed by atoms with Gasteiger partial charge in [-0.05, 0) is 29.3 Å². The van der Waals surface area contributed by atoms with Gasteiger partial charge in [0.25, 0.3) is 0 Å². The Kier molecular flexibility index (Phi) is 4.90. The summed E-state index contributed by atoms with van der Waals surface area (Å²) in [5.74, 6) is 0.692. The number of fused-ring (bicyclic) bond motifs is 4. The topological polar surface area (TPSA) is 74.9 Å². The molecule has 1 unspecified atom stereocenters. The van der Waals surface area contributed by atoms with Crippen LogP contribution < -0.4 is 4.74 Å². The highest BCUT2D eigenvalue weighted by atomic mass is 16.5. The quantitative estimate of drug-likeness (QED) is 0.690. The molecule has 7 nitrogen and oxygen atoms in total. The zero-order valence-corrected chi connectivity index (χ0v) is 17.6. The van der Waals surface area contributed by atoms with Crippen LogP contribution in [-0.4, -0.2) is 66.6 Å². The van der Waals surface area contributed by atoms with Crippen LogP contribution in [0.4, 0.5) is 0 Å². The summed E-state index contributed by atoms with van der Waals surface area (Å²) < 4.78 is 10.6. The molecular formula is C24H25N3O4. The van der Waals surface area contributed by atoms with Gasteiger partial charge in [-0.25, -0.2) is 0 Å². The lowest BCUT2D eigenvalue weighted by Crippen LogP contribution is -2.63. The van der Waals surface area contributed by atoms with E-state index in [0.29, 0.717) is 19.6 Å². The van der Waals surface area contributed by atoms with Crippen LogP contribution in [0.1, 0.15) is 22.9 Å². The van der Waals surface area contributed by atoms with Gasteiger partial charge in [-0.15, -0.1) is 0 Å². The van der Waals surface area contributed by atoms with Gasteiger partial charge >= 0.3 is 0 Å². The number of rotatable bonds is 5. The molecule has 1 fully saturated rings. The van der Waals surface area contributed by atoms with Crippen LogP contribution in [0.25, 0.3) is 10.9 Å². The van der Waals surface area contributed by atoms with E-state index in [1.807, 2.05) is 48.5 Å². The van der Waals surface area contributed by atoms with E-state index < -0.39 is 6.04 Å². The molecule has 1 aromatic heterocycles. The maximum absolute atomic E-state index is 13.4. The minimum atomic E-state index is -0.541. The van der Waals surface area contributed by atoms with Crippen molar-refractivity contribution in [2.75, 3.05) is 33.9 Å². The Morgan fingerprint density at radius 1 is 1.10 bits per heavy atom. The Balaban J connectivity index is 1.67. The predicted molar refractivity (Wildman–Crippen MR) is 116 cm³/mol. The van der Waals surface area contributed by atoms with Crippen molar-refractivity contribution in [3.05, 3.63) is 65.4 Å². The van der Waals surface area contributed by atoms with Crippen LogP contribution in [-0.2, 0) is 20.7 Å². The molecule has 160 valence electrons. The standard InChI is InChI=1S/C24H25N3O4/c1-30-11-10-26-14-21(28)27-20(24(26)29)13-18-17-12-16(31-2)8-9-19(17)25-22(18)23(27)15-6-4-3-5-7-15/h3-9,12,20,23,25H,10-11,13-14H2,1-2H3/t20?,23-/m1/s1. The Bertz CT molecular complexity index is 1140. The van der Waals surface area contributed by atoms with Gasteiger partial charge in [-0.3, -0.25) is 9.59 Å². The van der Waals surface area contributed by atoms with Gasteiger partial charge < -0.3 is 24.3 Å². The van der Waals surface area contributed by atoms with E-state index in [9.17, 15) is 9.59 Å². The van der Waals surface area contributed by atoms with Crippen LogP contribution in [0.5, 0.6) is 5.75 Å². The molecular weight excluding hydrogens is 394 g/mol. The fourth-order valence-corrected chi connectivity index (χ4v) is 4.85. The van der Waals surface area contributed by atoms with Crippen molar-refractivity contribution in [3.63, 3.8) is 0 Å². The van der Waals surface area contributed by atoms with E-state index in [2.05, 4.69) is 4.98 Å². The van der Waals surface area contributed by atoms with Gasteiger partial charge in [-0.2, -0.15) is 0 Å². The summed E-state index contributed by atoms with van der Waals surface area (Å²) in [4.78, 5) is 33.7. The normalized spacial score (nSPS) is 20.7. The number of benzene rings is 2. The van der Waals surface area contributed by atoms with Crippen molar-refractivity contribution in [2.24, 2.45) is 0 Å². The van der Waals surface area contributed by atoms with Gasteiger partial charge in [0, 0.05) is 36.7 Å². The van der Waals surface area contributed by atoms with Crippen LogP contribution in [0.2, 0.25) is 0 Å². The minimum Gasteiger partial charge on any atom is -0.497 e. The van der Waals surface area contributed by atoms with Crippen molar-refractivity contribution >= 4 is 22.7 Å². The van der Waals surface area contributed by atoms with Crippen LogP contribution in [0.15, 0.2) is 48.5 Å². The fourth-order valence-electron chi connectivity index (χ4n) is 4.85. The van der Waals surface area contributed by atoms with Crippen molar-refractivity contribution in [1.82, 2.24) is 14.8 Å². The molecule has 31 heavy (non-hydrogen) atoms. The molecule has 0 aliphatic carbocycles. The second kappa shape index (κ2) is 7.74. The third-order valence-corrected chi connectivity index (χ3v) is 6.32. The first-order valence-corrected chi connectivity index (χ1v) is 10.4. The lowest BCUT2D eigenvalue weighted by molar-refractivity contribution is -0.159. The molecule has 0 saturated carbocycles. The van der Waals surface area contributed by atoms with Crippen molar-refractivity contribution in [2.45, 2.75) is 18.5 Å². The van der Waals surface area contributed by atoms with E-state index in [1.54, 1.807) is 24.0 Å². The van der Waals surface area contributed by atoms with Crippen LogP contribution >= 0.6 is 0 Å². The summed E-state index contributed by atoms with van der Waals surface area (Å²) in [6, 6.07) is 14.9. The largest absolute Gasteiger partial charge is 0.497 e. The number of nitrogens with zero attached hydrogens (tertiary/aromatic N) is 2. The summed E-state index contributed by atoms with van der Waals surface area (Å²) in [6.07, 6.45) is 0.472. The minimum absolute atomic E-state index is 0.0273. The average Bonchev–Trinajstić information content (AvgIpc) is 3.17. The number of piperazine rings is 1. The van der Waals surface area contributed by atoms with Crippen molar-refractivity contribution < 1.29 is 19.1 Å². The molecule has 3 heterocycles. The Labute approximate surface area is 180 Å². The maximum atomic E-state index is 13.4. The highest BCUT2D eigenvalue weighted by Gasteiger charge is 2.48. The summed E-state index contributed by atoms with van der Waals surface area (Å²) in [7, 11) is 3.24. The molecule has 2 aliphatic heterocycles. The van der Waals surface area contributed by atoms with E-state index in [-0.39, 0.29) is 24.4 Å². The fraction of sp³-hybridized carbons (Fsp3) is 0.333. The number of carbonyl (C=O) groups is 2. The van der Waals surface area contributed by atoms with Crippen LogP contribution in [0.3, 0.4) is 0 Å². The molecule has 0 radical (unpaired) electrons. The summed E-state index contributed by atoms with van der Waals surface area (Å²) in [5.41, 5.74) is 4.00. The number of ether oxygens (including phenoxy) is 2. The van der Waals surface area contributed by atoms with Crippen LogP contribution in [0, 0.1) is 0 Å². The van der Waals surface area contributed by atoms with Gasteiger partial charge in [0.15, 0.2) is 0 Å². The van der Waals surface area contributed by atoms with E-state index in [0.717, 1.165) is 33.5 Å². The number of methoxy groups -OCH3 is 2. The summed E-state index contributed by atoms with van der Waals surface area (Å²) >= 11 is 0. The highest BCUT2D eigenvalue weighted by molar-refractivity contribution is 5.97. The molecule has 3 aromatic rings. The summed E-state index contributed by atoms with van der Waals surface area (Å²) in [5, 5.41) is 1.03. The lowest BCUT2D eigenvalue weighted by Gasteiger charge is -2.47. The van der Waals surface area contributed by atoms with Gasteiger partial charge in [0.1, 0.15) is 11.8 Å². The smallest absolute Gasteiger partial charge is 0.246 e. The van der Waals surface area contributed by atoms with Gasteiger partial charge in [-0.1, -0.05) is 30.3 Å². The molecule has 0 bridgehead atoms. The average molecular weight is 419 g/mol. The Morgan fingerprint density at radius 3 is 2.65 bits per heavy atom. The number of aromatic amines is 1. The maximum Gasteiger partial charge on any atom is 0.246 e. The molecule has 2 amide bonds. The molecule has 5 rings (SSSR count). The number of aromatic nitrogens is 1. The van der Waals surface area contributed by atoms with E-state index >= 15 is 0 Å². The summed E-state index contributed by atoms with van der Waals surface area (Å²) in [6.45, 7) is 0.894. The second-order valence-corrected chi connectivity index (χ2v) is 8.02. The number of amides is 2.